The highest BCUT2D eigenvalue weighted by molar-refractivity contribution is 9.10. The van der Waals surface area contributed by atoms with E-state index in [2.05, 4.69) is 63.2 Å². The summed E-state index contributed by atoms with van der Waals surface area (Å²) >= 11 is 5.35. The Kier molecular flexibility index (Phi) is 4.02. The lowest BCUT2D eigenvalue weighted by Gasteiger charge is -2.09. The molecule has 2 rings (SSSR count). The van der Waals surface area contributed by atoms with E-state index in [9.17, 15) is 0 Å². The first-order chi connectivity index (χ1) is 7.77. The fourth-order valence-electron chi connectivity index (χ4n) is 1.56. The predicted octanol–water partition coefficient (Wildman–Crippen LogP) is 4.47. The van der Waals surface area contributed by atoms with Crippen molar-refractivity contribution in [2.24, 2.45) is 0 Å². The van der Waals surface area contributed by atoms with Crippen LogP contribution in [0.4, 0.5) is 5.69 Å². The van der Waals surface area contributed by atoms with Crippen molar-refractivity contribution in [1.82, 2.24) is 0 Å². The molecular formula is C13H14BrNS. The summed E-state index contributed by atoms with van der Waals surface area (Å²) in [6.45, 7) is 3.08. The average Bonchev–Trinajstić information content (AvgIpc) is 2.77. The molecular weight excluding hydrogens is 282 g/mol. The molecule has 84 valence electrons. The van der Waals surface area contributed by atoms with Gasteiger partial charge >= 0.3 is 0 Å². The highest BCUT2D eigenvalue weighted by atomic mass is 79.9. The summed E-state index contributed by atoms with van der Waals surface area (Å²) in [5, 5.41) is 7.77. The van der Waals surface area contributed by atoms with E-state index >= 15 is 0 Å². The van der Waals surface area contributed by atoms with Crippen LogP contribution in [0, 0.1) is 6.92 Å². The molecule has 0 aliphatic rings. The first kappa shape index (κ1) is 11.7. The number of thiophene rings is 1. The maximum Gasteiger partial charge on any atom is 0.0487 e. The lowest BCUT2D eigenvalue weighted by atomic mass is 10.2. The van der Waals surface area contributed by atoms with E-state index in [0.717, 1.165) is 13.0 Å². The van der Waals surface area contributed by atoms with Crippen molar-refractivity contribution in [2.75, 3.05) is 11.9 Å². The van der Waals surface area contributed by atoms with Gasteiger partial charge in [-0.1, -0.05) is 12.1 Å². The van der Waals surface area contributed by atoms with Gasteiger partial charge in [-0.25, -0.2) is 0 Å². The summed E-state index contributed by atoms with van der Waals surface area (Å²) in [4.78, 5) is 0. The minimum absolute atomic E-state index is 0.971. The van der Waals surface area contributed by atoms with Crippen LogP contribution in [-0.2, 0) is 6.42 Å². The Morgan fingerprint density at radius 2 is 2.19 bits per heavy atom. The molecule has 1 aromatic heterocycles. The van der Waals surface area contributed by atoms with Crippen molar-refractivity contribution in [1.29, 1.82) is 0 Å². The number of nitrogens with one attached hydrogen (secondary N) is 1. The van der Waals surface area contributed by atoms with E-state index in [4.69, 9.17) is 0 Å². The number of halogens is 1. The molecule has 0 unspecified atom stereocenters. The van der Waals surface area contributed by atoms with Crippen molar-refractivity contribution in [2.45, 2.75) is 13.3 Å². The Bertz CT molecular complexity index is 451. The lowest BCUT2D eigenvalue weighted by molar-refractivity contribution is 1.02. The maximum atomic E-state index is 3.60. The molecule has 0 aliphatic heterocycles. The van der Waals surface area contributed by atoms with Gasteiger partial charge in [0.1, 0.15) is 0 Å². The Labute approximate surface area is 109 Å². The molecule has 1 N–H and O–H groups in total. The summed E-state index contributed by atoms with van der Waals surface area (Å²) < 4.78 is 1.17. The molecule has 0 bridgehead atoms. The SMILES string of the molecule is Cc1cccc(NCCc2ccsc2)c1Br. The van der Waals surface area contributed by atoms with Crippen LogP contribution in [0.2, 0.25) is 0 Å². The third-order valence-corrected chi connectivity index (χ3v) is 4.29. The van der Waals surface area contributed by atoms with Crippen LogP contribution in [0.15, 0.2) is 39.5 Å². The van der Waals surface area contributed by atoms with Crippen LogP contribution in [0.25, 0.3) is 0 Å². The molecule has 0 aliphatic carbocycles. The molecule has 1 heterocycles. The molecule has 0 saturated heterocycles. The van der Waals surface area contributed by atoms with Gasteiger partial charge in [-0.3, -0.25) is 0 Å². The summed E-state index contributed by atoms with van der Waals surface area (Å²) in [5.74, 6) is 0. The fourth-order valence-corrected chi connectivity index (χ4v) is 2.67. The van der Waals surface area contributed by atoms with E-state index in [1.807, 2.05) is 0 Å². The fraction of sp³-hybridized carbons (Fsp3) is 0.231. The number of hydrogen-bond acceptors (Lipinski definition) is 2. The molecule has 0 spiro atoms. The van der Waals surface area contributed by atoms with Gasteiger partial charge in [-0.05, 0) is 63.3 Å². The van der Waals surface area contributed by atoms with E-state index in [1.165, 1.54) is 21.3 Å². The summed E-state index contributed by atoms with van der Waals surface area (Å²) in [6, 6.07) is 8.46. The summed E-state index contributed by atoms with van der Waals surface area (Å²) in [7, 11) is 0. The van der Waals surface area contributed by atoms with Gasteiger partial charge in [0.15, 0.2) is 0 Å². The second-order valence-corrected chi connectivity index (χ2v) is 5.32. The third-order valence-electron chi connectivity index (χ3n) is 2.50. The lowest BCUT2D eigenvalue weighted by Crippen LogP contribution is -2.05. The Hall–Kier alpha value is -0.800. The minimum atomic E-state index is 0.971. The van der Waals surface area contributed by atoms with E-state index < -0.39 is 0 Å². The van der Waals surface area contributed by atoms with Crippen molar-refractivity contribution in [3.63, 3.8) is 0 Å². The van der Waals surface area contributed by atoms with Crippen LogP contribution in [0.5, 0.6) is 0 Å². The Morgan fingerprint density at radius 1 is 1.31 bits per heavy atom. The van der Waals surface area contributed by atoms with Gasteiger partial charge < -0.3 is 5.32 Å². The zero-order chi connectivity index (χ0) is 11.4. The molecule has 0 atom stereocenters. The van der Waals surface area contributed by atoms with Crippen LogP contribution in [-0.4, -0.2) is 6.54 Å². The topological polar surface area (TPSA) is 12.0 Å². The van der Waals surface area contributed by atoms with Crippen molar-refractivity contribution < 1.29 is 0 Å². The van der Waals surface area contributed by atoms with Gasteiger partial charge in [-0.2, -0.15) is 11.3 Å². The second kappa shape index (κ2) is 5.51. The standard InChI is InChI=1S/C13H14BrNS/c1-10-3-2-4-12(13(10)14)15-7-5-11-6-8-16-9-11/h2-4,6,8-9,15H,5,7H2,1H3. The normalized spacial score (nSPS) is 10.4. The van der Waals surface area contributed by atoms with Crippen LogP contribution >= 0.6 is 27.3 Å². The third kappa shape index (κ3) is 2.86. The highest BCUT2D eigenvalue weighted by Gasteiger charge is 2.01. The largest absolute Gasteiger partial charge is 0.384 e. The molecule has 16 heavy (non-hydrogen) atoms. The molecule has 1 aromatic carbocycles. The molecule has 0 saturated carbocycles. The van der Waals surface area contributed by atoms with E-state index in [0.29, 0.717) is 0 Å². The smallest absolute Gasteiger partial charge is 0.0487 e. The first-order valence-electron chi connectivity index (χ1n) is 5.27. The van der Waals surface area contributed by atoms with Gasteiger partial charge in [0.05, 0.1) is 0 Å². The molecule has 0 amide bonds. The van der Waals surface area contributed by atoms with Gasteiger partial charge in [0.25, 0.3) is 0 Å². The number of benzene rings is 1. The molecule has 0 radical (unpaired) electrons. The highest BCUT2D eigenvalue weighted by Crippen LogP contribution is 2.25. The number of rotatable bonds is 4. The van der Waals surface area contributed by atoms with Gasteiger partial charge in [0, 0.05) is 16.7 Å². The van der Waals surface area contributed by atoms with Crippen LogP contribution < -0.4 is 5.32 Å². The van der Waals surface area contributed by atoms with E-state index in [1.54, 1.807) is 11.3 Å². The monoisotopic (exact) mass is 295 g/mol. The molecule has 3 heteroatoms. The van der Waals surface area contributed by atoms with Gasteiger partial charge in [0.2, 0.25) is 0 Å². The Morgan fingerprint density at radius 3 is 2.94 bits per heavy atom. The summed E-state index contributed by atoms with van der Waals surface area (Å²) in [6.07, 6.45) is 1.07. The summed E-state index contributed by atoms with van der Waals surface area (Å²) in [5.41, 5.74) is 3.84. The zero-order valence-corrected chi connectivity index (χ0v) is 11.6. The van der Waals surface area contributed by atoms with Crippen LogP contribution in [0.1, 0.15) is 11.1 Å². The number of hydrogen-bond donors (Lipinski definition) is 1. The van der Waals surface area contributed by atoms with Crippen molar-refractivity contribution >= 4 is 33.0 Å². The molecule has 1 nitrogen and oxygen atoms in total. The molecule has 0 fully saturated rings. The predicted molar refractivity (Wildman–Crippen MR) is 75.4 cm³/mol. The van der Waals surface area contributed by atoms with Crippen LogP contribution in [0.3, 0.4) is 0 Å². The molecule has 2 aromatic rings. The Balaban J connectivity index is 1.92. The zero-order valence-electron chi connectivity index (χ0n) is 9.16. The first-order valence-corrected chi connectivity index (χ1v) is 7.01. The van der Waals surface area contributed by atoms with Gasteiger partial charge in [-0.15, -0.1) is 0 Å². The van der Waals surface area contributed by atoms with Crippen molar-refractivity contribution in [3.8, 4) is 0 Å². The quantitative estimate of drug-likeness (QED) is 0.877. The second-order valence-electron chi connectivity index (χ2n) is 3.74. The number of aryl methyl sites for hydroxylation is 1. The number of anilines is 1. The van der Waals surface area contributed by atoms with E-state index in [-0.39, 0.29) is 0 Å². The van der Waals surface area contributed by atoms with Crippen molar-refractivity contribution in [3.05, 3.63) is 50.6 Å². The maximum absolute atomic E-state index is 3.60. The minimum Gasteiger partial charge on any atom is -0.384 e. The average molecular weight is 296 g/mol.